The molecule has 1 N–H and O–H groups in total. The summed E-state index contributed by atoms with van der Waals surface area (Å²) in [7, 11) is 1.26. The van der Waals surface area contributed by atoms with E-state index < -0.39 is 5.97 Å². The molecule has 0 saturated heterocycles. The smallest absolute Gasteiger partial charge is 0.325 e. The van der Waals surface area contributed by atoms with Crippen LogP contribution in [0.2, 0.25) is 0 Å². The van der Waals surface area contributed by atoms with E-state index in [4.69, 9.17) is 4.74 Å². The van der Waals surface area contributed by atoms with Gasteiger partial charge in [0.25, 0.3) is 0 Å². The van der Waals surface area contributed by atoms with Gasteiger partial charge in [0.2, 0.25) is 5.91 Å². The number of rotatable bonds is 4. The predicted octanol–water partition coefficient (Wildman–Crippen LogP) is 0.0907. The maximum atomic E-state index is 11.1. The zero-order chi connectivity index (χ0) is 11.2. The summed E-state index contributed by atoms with van der Waals surface area (Å²) < 4.78 is 9.54. The molecule has 0 spiro atoms. The summed E-state index contributed by atoms with van der Waals surface area (Å²) in [5.41, 5.74) is -0.359. The van der Waals surface area contributed by atoms with Gasteiger partial charge in [-0.2, -0.15) is 0 Å². The van der Waals surface area contributed by atoms with Crippen molar-refractivity contribution in [2.24, 2.45) is 0 Å². The van der Waals surface area contributed by atoms with Crippen LogP contribution < -0.4 is 5.32 Å². The normalized spacial score (nSPS) is 10.9. The third kappa shape index (κ3) is 7.54. The number of carbonyl (C=O) groups excluding carboxylic acids is 2. The Morgan fingerprint density at radius 2 is 1.86 bits per heavy atom. The zero-order valence-electron chi connectivity index (χ0n) is 9.05. The number of carbonyl (C=O) groups is 2. The lowest BCUT2D eigenvalue weighted by Gasteiger charge is -2.18. The molecular weight excluding hydrogens is 186 g/mol. The van der Waals surface area contributed by atoms with Crippen molar-refractivity contribution in [1.29, 1.82) is 0 Å². The Hall–Kier alpha value is -1.10. The van der Waals surface area contributed by atoms with Crippen molar-refractivity contribution in [2.45, 2.75) is 26.4 Å². The molecule has 0 aliphatic heterocycles. The second-order valence-electron chi connectivity index (χ2n) is 3.75. The summed E-state index contributed by atoms with van der Waals surface area (Å²) in [5, 5.41) is 2.37. The van der Waals surface area contributed by atoms with E-state index in [1.807, 2.05) is 20.8 Å². The van der Waals surface area contributed by atoms with Crippen LogP contribution in [0, 0.1) is 0 Å². The van der Waals surface area contributed by atoms with Crippen LogP contribution in [-0.2, 0) is 19.1 Å². The van der Waals surface area contributed by atoms with Crippen molar-refractivity contribution >= 4 is 11.9 Å². The molecule has 14 heavy (non-hydrogen) atoms. The van der Waals surface area contributed by atoms with Gasteiger partial charge < -0.3 is 14.8 Å². The van der Waals surface area contributed by atoms with Gasteiger partial charge in [0.15, 0.2) is 0 Å². The van der Waals surface area contributed by atoms with Crippen molar-refractivity contribution in [3.8, 4) is 0 Å². The fourth-order valence-electron chi connectivity index (χ4n) is 0.576. The maximum absolute atomic E-state index is 11.1. The number of amides is 1. The van der Waals surface area contributed by atoms with Crippen LogP contribution in [0.25, 0.3) is 0 Å². The summed E-state index contributed by atoms with van der Waals surface area (Å²) in [6.07, 6.45) is 0. The van der Waals surface area contributed by atoms with Crippen molar-refractivity contribution in [3.63, 3.8) is 0 Å². The van der Waals surface area contributed by atoms with Gasteiger partial charge in [-0.25, -0.2) is 0 Å². The van der Waals surface area contributed by atoms with Crippen LogP contribution in [0.3, 0.4) is 0 Å². The minimum Gasteiger partial charge on any atom is -0.468 e. The number of esters is 1. The van der Waals surface area contributed by atoms with E-state index in [2.05, 4.69) is 10.1 Å². The summed E-state index contributed by atoms with van der Waals surface area (Å²) in [5.74, 6) is -0.806. The SMILES string of the molecule is COC(=O)CNC(=O)COC(C)(C)C. The van der Waals surface area contributed by atoms with Crippen LogP contribution in [0.15, 0.2) is 0 Å². The molecule has 5 heteroatoms. The Morgan fingerprint density at radius 3 is 2.29 bits per heavy atom. The van der Waals surface area contributed by atoms with Gasteiger partial charge in [0.1, 0.15) is 13.2 Å². The molecule has 0 bridgehead atoms. The molecule has 0 unspecified atom stereocenters. The second-order valence-corrected chi connectivity index (χ2v) is 3.75. The minimum atomic E-state index is -0.478. The maximum Gasteiger partial charge on any atom is 0.325 e. The van der Waals surface area contributed by atoms with Crippen molar-refractivity contribution in [3.05, 3.63) is 0 Å². The average molecular weight is 203 g/mol. The molecule has 82 valence electrons. The standard InChI is InChI=1S/C9H17NO4/c1-9(2,3)14-6-7(11)10-5-8(12)13-4/h5-6H2,1-4H3,(H,10,11). The third-order valence-electron chi connectivity index (χ3n) is 1.29. The fourth-order valence-corrected chi connectivity index (χ4v) is 0.576. The summed E-state index contributed by atoms with van der Waals surface area (Å²) in [6, 6.07) is 0. The summed E-state index contributed by atoms with van der Waals surface area (Å²) >= 11 is 0. The first-order valence-corrected chi connectivity index (χ1v) is 4.32. The van der Waals surface area contributed by atoms with Crippen LogP contribution >= 0.6 is 0 Å². The summed E-state index contributed by atoms with van der Waals surface area (Å²) in [6.45, 7) is 5.37. The van der Waals surface area contributed by atoms with E-state index in [1.165, 1.54) is 7.11 Å². The first-order valence-electron chi connectivity index (χ1n) is 4.32. The van der Waals surface area contributed by atoms with E-state index in [1.54, 1.807) is 0 Å². The molecule has 0 heterocycles. The van der Waals surface area contributed by atoms with Crippen LogP contribution in [0.4, 0.5) is 0 Å². The third-order valence-corrected chi connectivity index (χ3v) is 1.29. The molecular formula is C9H17NO4. The Kier molecular flexibility index (Phi) is 5.15. The van der Waals surface area contributed by atoms with E-state index >= 15 is 0 Å². The Morgan fingerprint density at radius 1 is 1.29 bits per heavy atom. The molecule has 0 atom stereocenters. The Labute approximate surface area is 83.8 Å². The lowest BCUT2D eigenvalue weighted by atomic mass is 10.2. The molecule has 0 aromatic heterocycles. The number of ether oxygens (including phenoxy) is 2. The highest BCUT2D eigenvalue weighted by atomic mass is 16.5. The quantitative estimate of drug-likeness (QED) is 0.658. The van der Waals surface area contributed by atoms with Gasteiger partial charge in [0, 0.05) is 0 Å². The molecule has 0 radical (unpaired) electrons. The summed E-state index contributed by atoms with van der Waals surface area (Å²) in [4.78, 5) is 21.7. The van der Waals surface area contributed by atoms with Gasteiger partial charge in [-0.15, -0.1) is 0 Å². The zero-order valence-corrected chi connectivity index (χ0v) is 9.05. The van der Waals surface area contributed by atoms with E-state index in [0.29, 0.717) is 0 Å². The largest absolute Gasteiger partial charge is 0.468 e. The van der Waals surface area contributed by atoms with Crippen LogP contribution in [0.5, 0.6) is 0 Å². The highest BCUT2D eigenvalue weighted by Gasteiger charge is 2.13. The average Bonchev–Trinajstić information content (AvgIpc) is 2.09. The van der Waals surface area contributed by atoms with Crippen LogP contribution in [0.1, 0.15) is 20.8 Å². The van der Waals surface area contributed by atoms with Gasteiger partial charge in [-0.05, 0) is 20.8 Å². The van der Waals surface area contributed by atoms with Crippen molar-refractivity contribution < 1.29 is 19.1 Å². The molecule has 0 saturated carbocycles. The van der Waals surface area contributed by atoms with Gasteiger partial charge in [-0.1, -0.05) is 0 Å². The number of hydrogen-bond acceptors (Lipinski definition) is 4. The highest BCUT2D eigenvalue weighted by molar-refractivity contribution is 5.82. The number of nitrogens with one attached hydrogen (secondary N) is 1. The molecule has 0 aromatic carbocycles. The molecule has 5 nitrogen and oxygen atoms in total. The van der Waals surface area contributed by atoms with E-state index in [9.17, 15) is 9.59 Å². The van der Waals surface area contributed by atoms with Gasteiger partial charge in [0.05, 0.1) is 12.7 Å². The number of methoxy groups -OCH3 is 1. The lowest BCUT2D eigenvalue weighted by Crippen LogP contribution is -2.35. The highest BCUT2D eigenvalue weighted by Crippen LogP contribution is 2.05. The van der Waals surface area contributed by atoms with Crippen LogP contribution in [-0.4, -0.2) is 37.7 Å². The predicted molar refractivity (Wildman–Crippen MR) is 50.7 cm³/mol. The monoisotopic (exact) mass is 203 g/mol. The minimum absolute atomic E-state index is 0.0551. The molecule has 0 aromatic rings. The molecule has 0 aliphatic carbocycles. The first-order chi connectivity index (χ1) is 6.35. The van der Waals surface area contributed by atoms with Gasteiger partial charge in [-0.3, -0.25) is 9.59 Å². The Bertz CT molecular complexity index is 207. The molecule has 0 rings (SSSR count). The topological polar surface area (TPSA) is 64.6 Å². The van der Waals surface area contributed by atoms with E-state index in [-0.39, 0.29) is 24.7 Å². The second kappa shape index (κ2) is 5.59. The number of hydrogen-bond donors (Lipinski definition) is 1. The lowest BCUT2D eigenvalue weighted by molar-refractivity contribution is -0.142. The van der Waals surface area contributed by atoms with Gasteiger partial charge >= 0.3 is 5.97 Å². The molecule has 0 fully saturated rings. The van der Waals surface area contributed by atoms with Crippen molar-refractivity contribution in [1.82, 2.24) is 5.32 Å². The molecule has 0 aliphatic rings. The van der Waals surface area contributed by atoms with E-state index in [0.717, 1.165) is 0 Å². The fraction of sp³-hybridized carbons (Fsp3) is 0.778. The first kappa shape index (κ1) is 12.9. The van der Waals surface area contributed by atoms with Crippen molar-refractivity contribution in [2.75, 3.05) is 20.3 Å². The molecule has 1 amide bonds. The Balaban J connectivity index is 3.62.